The standard InChI is InChI=1S/C27H33ClN2O4/c1-2-23(27(32)29-22-6-4-3-5-7-22)30(17-20-8-12-21(28)13-9-20)26(31)15-11-19-10-14-24-25(16-19)34-18-33-24/h8-10,12-14,16,22-23H,2-7,11,15,17-18H2,1H3,(H,29,32). The van der Waals surface area contributed by atoms with Crippen LogP contribution >= 0.6 is 11.6 Å². The molecule has 1 aliphatic heterocycles. The van der Waals surface area contributed by atoms with Crippen molar-refractivity contribution in [1.29, 1.82) is 0 Å². The predicted octanol–water partition coefficient (Wildman–Crippen LogP) is 5.26. The van der Waals surface area contributed by atoms with Gasteiger partial charge in [-0.15, -0.1) is 0 Å². The number of rotatable bonds is 9. The number of halogens is 1. The molecule has 1 fully saturated rings. The summed E-state index contributed by atoms with van der Waals surface area (Å²) in [6, 6.07) is 12.9. The van der Waals surface area contributed by atoms with Crippen molar-refractivity contribution in [1.82, 2.24) is 10.2 Å². The van der Waals surface area contributed by atoms with E-state index in [0.717, 1.165) is 42.6 Å². The Kier molecular flexibility index (Phi) is 8.33. The number of hydrogen-bond donors (Lipinski definition) is 1. The molecule has 4 rings (SSSR count). The molecule has 2 aromatic rings. The zero-order valence-electron chi connectivity index (χ0n) is 19.7. The minimum absolute atomic E-state index is 0.0433. The number of carbonyl (C=O) groups is 2. The van der Waals surface area contributed by atoms with E-state index in [0.29, 0.717) is 36.6 Å². The lowest BCUT2D eigenvalue weighted by atomic mass is 9.95. The second-order valence-corrected chi connectivity index (χ2v) is 9.54. The Bertz CT molecular complexity index is 989. The number of benzene rings is 2. The quantitative estimate of drug-likeness (QED) is 0.527. The van der Waals surface area contributed by atoms with Crippen molar-refractivity contribution in [3.63, 3.8) is 0 Å². The number of fused-ring (bicyclic) bond motifs is 1. The summed E-state index contributed by atoms with van der Waals surface area (Å²) in [4.78, 5) is 28.5. The minimum Gasteiger partial charge on any atom is -0.454 e. The first-order chi connectivity index (χ1) is 16.5. The second kappa shape index (κ2) is 11.6. The van der Waals surface area contributed by atoms with Crippen LogP contribution < -0.4 is 14.8 Å². The van der Waals surface area contributed by atoms with Crippen molar-refractivity contribution in [2.75, 3.05) is 6.79 Å². The Morgan fingerprint density at radius 1 is 1.03 bits per heavy atom. The molecule has 2 aromatic carbocycles. The fraction of sp³-hybridized carbons (Fsp3) is 0.481. The highest BCUT2D eigenvalue weighted by Gasteiger charge is 2.30. The number of carbonyl (C=O) groups excluding carboxylic acids is 2. The summed E-state index contributed by atoms with van der Waals surface area (Å²) in [5.74, 6) is 1.34. The summed E-state index contributed by atoms with van der Waals surface area (Å²) in [5.41, 5.74) is 1.95. The fourth-order valence-corrected chi connectivity index (χ4v) is 4.87. The van der Waals surface area contributed by atoms with Gasteiger partial charge in [-0.05, 0) is 61.1 Å². The molecular weight excluding hydrogens is 452 g/mol. The molecule has 0 spiro atoms. The summed E-state index contributed by atoms with van der Waals surface area (Å²) in [6.07, 6.45) is 6.96. The van der Waals surface area contributed by atoms with Crippen LogP contribution in [0.4, 0.5) is 0 Å². The maximum absolute atomic E-state index is 13.5. The largest absolute Gasteiger partial charge is 0.454 e. The Balaban J connectivity index is 1.47. The van der Waals surface area contributed by atoms with Gasteiger partial charge in [0, 0.05) is 24.0 Å². The number of aryl methyl sites for hydroxylation is 1. The number of amides is 2. The van der Waals surface area contributed by atoms with Crippen molar-refractivity contribution in [3.8, 4) is 11.5 Å². The van der Waals surface area contributed by atoms with Gasteiger partial charge in [-0.2, -0.15) is 0 Å². The lowest BCUT2D eigenvalue weighted by Crippen LogP contribution is -2.51. The number of nitrogens with zero attached hydrogens (tertiary/aromatic N) is 1. The normalized spacial score (nSPS) is 16.2. The van der Waals surface area contributed by atoms with Gasteiger partial charge in [0.25, 0.3) is 0 Å². The zero-order valence-corrected chi connectivity index (χ0v) is 20.5. The minimum atomic E-state index is -0.512. The lowest BCUT2D eigenvalue weighted by Gasteiger charge is -2.33. The van der Waals surface area contributed by atoms with Gasteiger partial charge in [-0.25, -0.2) is 0 Å². The Labute approximate surface area is 206 Å². The van der Waals surface area contributed by atoms with Gasteiger partial charge in [0.15, 0.2) is 11.5 Å². The summed E-state index contributed by atoms with van der Waals surface area (Å²) in [6.45, 7) is 2.56. The molecule has 2 aliphatic rings. The van der Waals surface area contributed by atoms with Crippen molar-refractivity contribution < 1.29 is 19.1 Å². The molecule has 7 heteroatoms. The van der Waals surface area contributed by atoms with Gasteiger partial charge < -0.3 is 19.7 Å². The highest BCUT2D eigenvalue weighted by Crippen LogP contribution is 2.33. The molecule has 1 atom stereocenters. The third kappa shape index (κ3) is 6.23. The predicted molar refractivity (Wildman–Crippen MR) is 132 cm³/mol. The van der Waals surface area contributed by atoms with Gasteiger partial charge in [-0.1, -0.05) is 56.0 Å². The lowest BCUT2D eigenvalue weighted by molar-refractivity contribution is -0.141. The van der Waals surface area contributed by atoms with Gasteiger partial charge in [-0.3, -0.25) is 9.59 Å². The molecular formula is C27H33ClN2O4. The molecule has 2 amide bonds. The molecule has 1 N–H and O–H groups in total. The number of ether oxygens (including phenoxy) is 2. The fourth-order valence-electron chi connectivity index (χ4n) is 4.74. The van der Waals surface area contributed by atoms with Crippen molar-refractivity contribution >= 4 is 23.4 Å². The average molecular weight is 485 g/mol. The van der Waals surface area contributed by atoms with Crippen LogP contribution in [0.2, 0.25) is 5.02 Å². The van der Waals surface area contributed by atoms with Crippen LogP contribution in [0.5, 0.6) is 11.5 Å². The topological polar surface area (TPSA) is 67.9 Å². The van der Waals surface area contributed by atoms with Crippen molar-refractivity contribution in [2.24, 2.45) is 0 Å². The Hall–Kier alpha value is -2.73. The summed E-state index contributed by atoms with van der Waals surface area (Å²) in [5, 5.41) is 3.86. The van der Waals surface area contributed by atoms with Crippen LogP contribution in [0.15, 0.2) is 42.5 Å². The molecule has 34 heavy (non-hydrogen) atoms. The molecule has 0 aromatic heterocycles. The highest BCUT2D eigenvalue weighted by atomic mass is 35.5. The molecule has 6 nitrogen and oxygen atoms in total. The van der Waals surface area contributed by atoms with Gasteiger partial charge in [0.05, 0.1) is 0 Å². The van der Waals surface area contributed by atoms with Crippen molar-refractivity contribution in [3.05, 3.63) is 58.6 Å². The molecule has 1 heterocycles. The average Bonchev–Trinajstić information content (AvgIpc) is 3.32. The number of hydrogen-bond acceptors (Lipinski definition) is 4. The van der Waals surface area contributed by atoms with Crippen LogP contribution in [-0.4, -0.2) is 35.6 Å². The molecule has 0 radical (unpaired) electrons. The summed E-state index contributed by atoms with van der Waals surface area (Å²) in [7, 11) is 0. The summed E-state index contributed by atoms with van der Waals surface area (Å²) < 4.78 is 10.8. The van der Waals surface area contributed by atoms with E-state index in [1.807, 2.05) is 49.4 Å². The first-order valence-electron chi connectivity index (χ1n) is 12.3. The third-order valence-electron chi connectivity index (χ3n) is 6.67. The van der Waals surface area contributed by atoms with Crippen LogP contribution in [0.3, 0.4) is 0 Å². The van der Waals surface area contributed by atoms with Gasteiger partial charge >= 0.3 is 0 Å². The summed E-state index contributed by atoms with van der Waals surface area (Å²) >= 11 is 6.05. The molecule has 0 bridgehead atoms. The maximum Gasteiger partial charge on any atom is 0.243 e. The van der Waals surface area contributed by atoms with E-state index in [-0.39, 0.29) is 24.6 Å². The van der Waals surface area contributed by atoms with E-state index >= 15 is 0 Å². The van der Waals surface area contributed by atoms with Crippen LogP contribution in [-0.2, 0) is 22.6 Å². The second-order valence-electron chi connectivity index (χ2n) is 9.10. The molecule has 1 saturated carbocycles. The van der Waals surface area contributed by atoms with Gasteiger partial charge in [0.2, 0.25) is 18.6 Å². The highest BCUT2D eigenvalue weighted by molar-refractivity contribution is 6.30. The first-order valence-corrected chi connectivity index (χ1v) is 12.6. The van der Waals surface area contributed by atoms with E-state index in [9.17, 15) is 9.59 Å². The SMILES string of the molecule is CCC(C(=O)NC1CCCCC1)N(Cc1ccc(Cl)cc1)C(=O)CCc1ccc2c(c1)OCO2. The van der Waals surface area contributed by atoms with Crippen LogP contribution in [0, 0.1) is 0 Å². The van der Waals surface area contributed by atoms with E-state index in [4.69, 9.17) is 21.1 Å². The number of nitrogens with one attached hydrogen (secondary N) is 1. The first kappa shape index (κ1) is 24.4. The molecule has 182 valence electrons. The van der Waals surface area contributed by atoms with Crippen LogP contribution in [0.25, 0.3) is 0 Å². The molecule has 1 unspecified atom stereocenters. The van der Waals surface area contributed by atoms with E-state index in [1.54, 1.807) is 4.90 Å². The Morgan fingerprint density at radius 2 is 1.74 bits per heavy atom. The Morgan fingerprint density at radius 3 is 2.47 bits per heavy atom. The maximum atomic E-state index is 13.5. The third-order valence-corrected chi connectivity index (χ3v) is 6.92. The van der Waals surface area contributed by atoms with E-state index in [2.05, 4.69) is 5.32 Å². The van der Waals surface area contributed by atoms with E-state index in [1.165, 1.54) is 6.42 Å². The zero-order chi connectivity index (χ0) is 23.9. The molecule has 0 saturated heterocycles. The van der Waals surface area contributed by atoms with E-state index < -0.39 is 6.04 Å². The van der Waals surface area contributed by atoms with Crippen LogP contribution in [0.1, 0.15) is 63.0 Å². The van der Waals surface area contributed by atoms with Gasteiger partial charge in [0.1, 0.15) is 6.04 Å². The monoisotopic (exact) mass is 484 g/mol. The molecule has 1 aliphatic carbocycles. The van der Waals surface area contributed by atoms with Crippen molar-refractivity contribution in [2.45, 2.75) is 76.9 Å². The smallest absolute Gasteiger partial charge is 0.243 e.